The molecule has 1 atom stereocenters. The van der Waals surface area contributed by atoms with Gasteiger partial charge < -0.3 is 10.2 Å². The molecule has 0 aromatic heterocycles. The summed E-state index contributed by atoms with van der Waals surface area (Å²) in [5.41, 5.74) is 2.17. The number of hydrogen-bond acceptors (Lipinski definition) is 3. The highest BCUT2D eigenvalue weighted by Gasteiger charge is 2.26. The molecular formula is C21H26N2O2S. The summed E-state index contributed by atoms with van der Waals surface area (Å²) in [7, 11) is 0. The summed E-state index contributed by atoms with van der Waals surface area (Å²) in [5, 5.41) is 2.82. The van der Waals surface area contributed by atoms with E-state index >= 15 is 0 Å². The van der Waals surface area contributed by atoms with Crippen LogP contribution in [0.1, 0.15) is 25.0 Å². The molecule has 1 N–H and O–H groups in total. The Bertz CT molecular complexity index is 734. The molecule has 0 saturated heterocycles. The molecule has 2 amide bonds. The van der Waals surface area contributed by atoms with Crippen LogP contribution in [0.2, 0.25) is 0 Å². The molecular weight excluding hydrogens is 344 g/mol. The van der Waals surface area contributed by atoms with Gasteiger partial charge in [-0.2, -0.15) is 0 Å². The zero-order valence-corrected chi connectivity index (χ0v) is 16.4. The fourth-order valence-electron chi connectivity index (χ4n) is 2.62. The molecule has 0 heterocycles. The third kappa shape index (κ3) is 5.63. The maximum atomic E-state index is 12.9. The van der Waals surface area contributed by atoms with Crippen molar-refractivity contribution in [2.45, 2.75) is 38.3 Å². The normalized spacial score (nSPS) is 11.7. The lowest BCUT2D eigenvalue weighted by molar-refractivity contribution is -0.138. The Balaban J connectivity index is 2.14. The highest BCUT2D eigenvalue weighted by molar-refractivity contribution is 8.00. The minimum atomic E-state index is -0.515. The number of amides is 2. The maximum absolute atomic E-state index is 12.9. The molecule has 0 spiro atoms. The lowest BCUT2D eigenvalue weighted by Gasteiger charge is -2.29. The first-order valence-corrected chi connectivity index (χ1v) is 9.81. The zero-order valence-electron chi connectivity index (χ0n) is 15.6. The first kappa shape index (κ1) is 20.0. The second-order valence-electron chi connectivity index (χ2n) is 6.12. The number of carbonyl (C=O) groups is 2. The van der Waals surface area contributed by atoms with Gasteiger partial charge in [0, 0.05) is 18.0 Å². The fourth-order valence-corrected chi connectivity index (χ4v) is 3.43. The van der Waals surface area contributed by atoms with Crippen molar-refractivity contribution in [1.29, 1.82) is 0 Å². The first-order valence-electron chi connectivity index (χ1n) is 8.82. The summed E-state index contributed by atoms with van der Waals surface area (Å²) in [4.78, 5) is 27.9. The standard InChI is InChI=1S/C21H26N2O2S/c1-4-22-21(25)17(3)23(14-18-11-9-8-10-16(18)2)20(24)15-26-19-12-6-5-7-13-19/h5-13,17H,4,14-15H2,1-3H3,(H,22,25)/t17-/m1/s1. The average Bonchev–Trinajstić information content (AvgIpc) is 2.66. The number of benzene rings is 2. The largest absolute Gasteiger partial charge is 0.355 e. The molecule has 5 heteroatoms. The van der Waals surface area contributed by atoms with Crippen molar-refractivity contribution in [3.8, 4) is 0 Å². The van der Waals surface area contributed by atoms with Crippen LogP contribution < -0.4 is 5.32 Å². The molecule has 2 aromatic rings. The van der Waals surface area contributed by atoms with E-state index in [9.17, 15) is 9.59 Å². The maximum Gasteiger partial charge on any atom is 0.242 e. The lowest BCUT2D eigenvalue weighted by Crippen LogP contribution is -2.48. The number of nitrogens with zero attached hydrogens (tertiary/aromatic N) is 1. The monoisotopic (exact) mass is 370 g/mol. The van der Waals surface area contributed by atoms with Gasteiger partial charge in [0.05, 0.1) is 5.75 Å². The van der Waals surface area contributed by atoms with Crippen LogP contribution in [-0.4, -0.2) is 35.1 Å². The van der Waals surface area contributed by atoms with Gasteiger partial charge in [0.1, 0.15) is 6.04 Å². The van der Waals surface area contributed by atoms with Gasteiger partial charge in [-0.25, -0.2) is 0 Å². The van der Waals surface area contributed by atoms with E-state index in [2.05, 4.69) is 5.32 Å². The Morgan fingerprint density at radius 3 is 2.38 bits per heavy atom. The van der Waals surface area contributed by atoms with Gasteiger partial charge in [-0.15, -0.1) is 11.8 Å². The molecule has 0 fully saturated rings. The van der Waals surface area contributed by atoms with Crippen molar-refractivity contribution < 1.29 is 9.59 Å². The van der Waals surface area contributed by atoms with Crippen LogP contribution in [0.5, 0.6) is 0 Å². The Morgan fingerprint density at radius 2 is 1.73 bits per heavy atom. The molecule has 0 bridgehead atoms. The van der Waals surface area contributed by atoms with E-state index in [0.717, 1.165) is 16.0 Å². The van der Waals surface area contributed by atoms with E-state index in [-0.39, 0.29) is 11.8 Å². The molecule has 0 saturated carbocycles. The minimum absolute atomic E-state index is 0.0409. The SMILES string of the molecule is CCNC(=O)[C@@H](C)N(Cc1ccccc1C)C(=O)CSc1ccccc1. The molecule has 26 heavy (non-hydrogen) atoms. The summed E-state index contributed by atoms with van der Waals surface area (Å²) >= 11 is 1.49. The van der Waals surface area contributed by atoms with Crippen molar-refractivity contribution in [1.82, 2.24) is 10.2 Å². The van der Waals surface area contributed by atoms with Crippen LogP contribution >= 0.6 is 11.8 Å². The number of aryl methyl sites for hydroxylation is 1. The van der Waals surface area contributed by atoms with E-state index in [4.69, 9.17) is 0 Å². The van der Waals surface area contributed by atoms with Crippen LogP contribution in [0.3, 0.4) is 0 Å². The topological polar surface area (TPSA) is 49.4 Å². The number of hydrogen-bond donors (Lipinski definition) is 1. The quantitative estimate of drug-likeness (QED) is 0.722. The number of likely N-dealkylation sites (N-methyl/N-ethyl adjacent to an activating group) is 1. The second kappa shape index (κ2) is 10.0. The van der Waals surface area contributed by atoms with Crippen molar-refractivity contribution in [3.63, 3.8) is 0 Å². The minimum Gasteiger partial charge on any atom is -0.355 e. The van der Waals surface area contributed by atoms with Gasteiger partial charge in [-0.3, -0.25) is 9.59 Å². The highest BCUT2D eigenvalue weighted by Crippen LogP contribution is 2.20. The average molecular weight is 371 g/mol. The predicted octanol–water partition coefficient (Wildman–Crippen LogP) is 3.64. The molecule has 0 aliphatic carbocycles. The Hall–Kier alpha value is -2.27. The molecule has 0 unspecified atom stereocenters. The van der Waals surface area contributed by atoms with E-state index in [1.807, 2.05) is 68.4 Å². The Kier molecular flexibility index (Phi) is 7.73. The summed E-state index contributed by atoms with van der Waals surface area (Å²) in [6.45, 7) is 6.67. The Morgan fingerprint density at radius 1 is 1.08 bits per heavy atom. The third-order valence-electron chi connectivity index (χ3n) is 4.23. The van der Waals surface area contributed by atoms with Gasteiger partial charge in [0.2, 0.25) is 11.8 Å². The summed E-state index contributed by atoms with van der Waals surface area (Å²) in [5.74, 6) is 0.139. The molecule has 4 nitrogen and oxygen atoms in total. The number of rotatable bonds is 8. The number of thioether (sulfide) groups is 1. The molecule has 0 radical (unpaired) electrons. The van der Waals surface area contributed by atoms with E-state index in [1.54, 1.807) is 11.8 Å². The zero-order chi connectivity index (χ0) is 18.9. The third-order valence-corrected chi connectivity index (χ3v) is 5.22. The highest BCUT2D eigenvalue weighted by atomic mass is 32.2. The smallest absolute Gasteiger partial charge is 0.242 e. The van der Waals surface area contributed by atoms with E-state index < -0.39 is 6.04 Å². The first-order chi connectivity index (χ1) is 12.5. The van der Waals surface area contributed by atoms with Crippen molar-refractivity contribution in [3.05, 3.63) is 65.7 Å². The number of carbonyl (C=O) groups excluding carboxylic acids is 2. The molecule has 0 aliphatic rings. The molecule has 2 rings (SSSR count). The molecule has 0 aliphatic heterocycles. The molecule has 138 valence electrons. The summed E-state index contributed by atoms with van der Waals surface area (Å²) < 4.78 is 0. The predicted molar refractivity (Wildman–Crippen MR) is 107 cm³/mol. The fraction of sp³-hybridized carbons (Fsp3) is 0.333. The Labute approximate surface area is 160 Å². The van der Waals surface area contributed by atoms with Gasteiger partial charge in [0.25, 0.3) is 0 Å². The second-order valence-corrected chi connectivity index (χ2v) is 7.17. The van der Waals surface area contributed by atoms with E-state index in [0.29, 0.717) is 18.8 Å². The van der Waals surface area contributed by atoms with E-state index in [1.165, 1.54) is 11.8 Å². The van der Waals surface area contributed by atoms with Crippen molar-refractivity contribution in [2.24, 2.45) is 0 Å². The summed E-state index contributed by atoms with van der Waals surface area (Å²) in [6.07, 6.45) is 0. The van der Waals surface area contributed by atoms with Crippen LogP contribution in [0.15, 0.2) is 59.5 Å². The van der Waals surface area contributed by atoms with Crippen LogP contribution in [0, 0.1) is 6.92 Å². The van der Waals surface area contributed by atoms with Gasteiger partial charge in [0.15, 0.2) is 0 Å². The number of nitrogens with one attached hydrogen (secondary N) is 1. The van der Waals surface area contributed by atoms with Gasteiger partial charge >= 0.3 is 0 Å². The van der Waals surface area contributed by atoms with Gasteiger partial charge in [-0.05, 0) is 44.0 Å². The van der Waals surface area contributed by atoms with Crippen LogP contribution in [-0.2, 0) is 16.1 Å². The van der Waals surface area contributed by atoms with Crippen molar-refractivity contribution in [2.75, 3.05) is 12.3 Å². The lowest BCUT2D eigenvalue weighted by atomic mass is 10.1. The van der Waals surface area contributed by atoms with Crippen LogP contribution in [0.25, 0.3) is 0 Å². The van der Waals surface area contributed by atoms with Crippen LogP contribution in [0.4, 0.5) is 0 Å². The molecule has 2 aromatic carbocycles. The summed E-state index contributed by atoms with van der Waals surface area (Å²) in [6, 6.07) is 17.3. The van der Waals surface area contributed by atoms with Crippen molar-refractivity contribution >= 4 is 23.6 Å². The van der Waals surface area contributed by atoms with Gasteiger partial charge in [-0.1, -0.05) is 42.5 Å².